The molecule has 15 heavy (non-hydrogen) atoms. The van der Waals surface area contributed by atoms with Crippen molar-refractivity contribution in [3.63, 3.8) is 0 Å². The van der Waals surface area contributed by atoms with E-state index in [2.05, 4.69) is 11.8 Å². The first kappa shape index (κ1) is 11.6. The smallest absolute Gasteiger partial charge is 0.133 e. The Morgan fingerprint density at radius 2 is 1.80 bits per heavy atom. The lowest BCUT2D eigenvalue weighted by molar-refractivity contribution is 0.504. The topological polar surface area (TPSA) is 26.0 Å². The van der Waals surface area contributed by atoms with Gasteiger partial charge in [0.1, 0.15) is 17.5 Å². The monoisotopic (exact) mass is 213 g/mol. The van der Waals surface area contributed by atoms with Crippen molar-refractivity contribution in [1.82, 2.24) is 0 Å². The van der Waals surface area contributed by atoms with Crippen LogP contribution in [0.3, 0.4) is 0 Å². The normalized spacial score (nSPS) is 11.8. The summed E-state index contributed by atoms with van der Waals surface area (Å²) in [5, 5.41) is 0. The van der Waals surface area contributed by atoms with Crippen molar-refractivity contribution in [3.8, 4) is 11.8 Å². The molecular weight excluding hydrogens is 203 g/mol. The molecule has 0 aliphatic carbocycles. The highest BCUT2D eigenvalue weighted by Crippen LogP contribution is 2.22. The second kappa shape index (κ2) is 4.85. The van der Waals surface area contributed by atoms with E-state index >= 15 is 0 Å². The summed E-state index contributed by atoms with van der Waals surface area (Å²) < 4.78 is 38.9. The maximum atomic E-state index is 13.2. The second-order valence-corrected chi connectivity index (χ2v) is 3.02. The molecule has 0 radical (unpaired) electrons. The standard InChI is InChI=1S/C11H10F3N/c1-2-3-4-10(15)11-8(13)5-7(12)6-9(11)14/h5-6,10H,4,15H2,1H3. The summed E-state index contributed by atoms with van der Waals surface area (Å²) in [6, 6.07) is 0.341. The molecule has 1 aromatic rings. The Balaban J connectivity index is 3.06. The molecular formula is C11H10F3N. The lowest BCUT2D eigenvalue weighted by Crippen LogP contribution is -2.14. The predicted octanol–water partition coefficient (Wildman–Crippen LogP) is 2.52. The minimum atomic E-state index is -0.974. The summed E-state index contributed by atoms with van der Waals surface area (Å²) >= 11 is 0. The third-order valence-corrected chi connectivity index (χ3v) is 1.91. The molecule has 0 bridgehead atoms. The molecule has 1 aromatic carbocycles. The van der Waals surface area contributed by atoms with Crippen molar-refractivity contribution in [2.24, 2.45) is 5.73 Å². The van der Waals surface area contributed by atoms with Gasteiger partial charge in [0.05, 0.1) is 0 Å². The van der Waals surface area contributed by atoms with Crippen molar-refractivity contribution < 1.29 is 13.2 Å². The summed E-state index contributed by atoms with van der Waals surface area (Å²) in [5.41, 5.74) is 5.21. The lowest BCUT2D eigenvalue weighted by atomic mass is 10.0. The molecule has 80 valence electrons. The molecule has 4 heteroatoms. The van der Waals surface area contributed by atoms with E-state index in [4.69, 9.17) is 5.73 Å². The molecule has 1 rings (SSSR count). The van der Waals surface area contributed by atoms with E-state index in [-0.39, 0.29) is 12.0 Å². The van der Waals surface area contributed by atoms with E-state index in [1.165, 1.54) is 0 Å². The van der Waals surface area contributed by atoms with Crippen LogP contribution in [-0.4, -0.2) is 0 Å². The fourth-order valence-electron chi connectivity index (χ4n) is 1.22. The summed E-state index contributed by atoms with van der Waals surface area (Å²) in [5.74, 6) is 2.28. The van der Waals surface area contributed by atoms with Crippen LogP contribution in [0.15, 0.2) is 12.1 Å². The van der Waals surface area contributed by atoms with Crippen LogP contribution in [0.4, 0.5) is 13.2 Å². The zero-order valence-electron chi connectivity index (χ0n) is 8.15. The van der Waals surface area contributed by atoms with Gasteiger partial charge in [-0.1, -0.05) is 0 Å². The summed E-state index contributed by atoms with van der Waals surface area (Å²) in [6.45, 7) is 1.60. The first-order chi connectivity index (χ1) is 7.06. The fourth-order valence-corrected chi connectivity index (χ4v) is 1.22. The Hall–Kier alpha value is -1.47. The highest BCUT2D eigenvalue weighted by atomic mass is 19.1. The molecule has 0 saturated carbocycles. The van der Waals surface area contributed by atoms with E-state index in [0.717, 1.165) is 0 Å². The second-order valence-electron chi connectivity index (χ2n) is 3.02. The van der Waals surface area contributed by atoms with Crippen LogP contribution in [0.2, 0.25) is 0 Å². The quantitative estimate of drug-likeness (QED) is 0.750. The number of rotatable bonds is 2. The van der Waals surface area contributed by atoms with Crippen LogP contribution in [0.25, 0.3) is 0 Å². The SMILES string of the molecule is CC#CCC(N)c1c(F)cc(F)cc1F. The molecule has 0 aromatic heterocycles. The van der Waals surface area contributed by atoms with Crippen LogP contribution in [0.5, 0.6) is 0 Å². The van der Waals surface area contributed by atoms with Gasteiger partial charge in [-0.3, -0.25) is 0 Å². The zero-order chi connectivity index (χ0) is 11.4. The molecule has 1 nitrogen and oxygen atoms in total. The van der Waals surface area contributed by atoms with Gasteiger partial charge >= 0.3 is 0 Å². The van der Waals surface area contributed by atoms with Crippen molar-refractivity contribution in [2.45, 2.75) is 19.4 Å². The van der Waals surface area contributed by atoms with Crippen LogP contribution in [0, 0.1) is 29.3 Å². The van der Waals surface area contributed by atoms with Crippen LogP contribution in [0.1, 0.15) is 24.9 Å². The predicted molar refractivity (Wildman–Crippen MR) is 51.3 cm³/mol. The molecule has 0 heterocycles. The van der Waals surface area contributed by atoms with Gasteiger partial charge in [-0.15, -0.1) is 11.8 Å². The van der Waals surface area contributed by atoms with E-state index < -0.39 is 23.5 Å². The molecule has 0 aliphatic rings. The van der Waals surface area contributed by atoms with E-state index in [9.17, 15) is 13.2 Å². The average Bonchev–Trinajstić information content (AvgIpc) is 2.12. The first-order valence-electron chi connectivity index (χ1n) is 4.36. The molecule has 1 atom stereocenters. The van der Waals surface area contributed by atoms with Gasteiger partial charge in [-0.05, 0) is 6.92 Å². The third-order valence-electron chi connectivity index (χ3n) is 1.91. The third kappa shape index (κ3) is 2.74. The van der Waals surface area contributed by atoms with E-state index in [1.807, 2.05) is 0 Å². The van der Waals surface area contributed by atoms with Gasteiger partial charge in [0.25, 0.3) is 0 Å². The Morgan fingerprint density at radius 1 is 1.27 bits per heavy atom. The summed E-state index contributed by atoms with van der Waals surface area (Å²) in [4.78, 5) is 0. The minimum absolute atomic E-state index is 0.135. The maximum absolute atomic E-state index is 13.2. The molecule has 0 aliphatic heterocycles. The van der Waals surface area contributed by atoms with Gasteiger partial charge in [0.2, 0.25) is 0 Å². The van der Waals surface area contributed by atoms with E-state index in [0.29, 0.717) is 12.1 Å². The highest BCUT2D eigenvalue weighted by Gasteiger charge is 2.17. The Kier molecular flexibility index (Phi) is 3.75. The lowest BCUT2D eigenvalue weighted by Gasteiger charge is -2.10. The number of hydrogen-bond donors (Lipinski definition) is 1. The molecule has 0 saturated heterocycles. The van der Waals surface area contributed by atoms with Crippen molar-refractivity contribution in [1.29, 1.82) is 0 Å². The van der Waals surface area contributed by atoms with Crippen molar-refractivity contribution in [3.05, 3.63) is 35.1 Å². The van der Waals surface area contributed by atoms with Crippen LogP contribution < -0.4 is 5.73 Å². The average molecular weight is 213 g/mol. The van der Waals surface area contributed by atoms with Crippen molar-refractivity contribution >= 4 is 0 Å². The molecule has 0 fully saturated rings. The maximum Gasteiger partial charge on any atom is 0.133 e. The van der Waals surface area contributed by atoms with Crippen LogP contribution >= 0.6 is 0 Å². The number of hydrogen-bond acceptors (Lipinski definition) is 1. The first-order valence-corrected chi connectivity index (χ1v) is 4.36. The number of nitrogens with two attached hydrogens (primary N) is 1. The molecule has 1 unspecified atom stereocenters. The van der Waals surface area contributed by atoms with Gasteiger partial charge in [-0.25, -0.2) is 13.2 Å². The Labute approximate surface area is 86.1 Å². The summed E-state index contributed by atoms with van der Waals surface area (Å²) in [7, 11) is 0. The molecule has 2 N–H and O–H groups in total. The fraction of sp³-hybridized carbons (Fsp3) is 0.273. The van der Waals surface area contributed by atoms with Gasteiger partial charge in [0.15, 0.2) is 0 Å². The Bertz CT molecular complexity index is 395. The van der Waals surface area contributed by atoms with Gasteiger partial charge < -0.3 is 5.73 Å². The highest BCUT2D eigenvalue weighted by molar-refractivity contribution is 5.25. The number of benzene rings is 1. The van der Waals surface area contributed by atoms with Crippen molar-refractivity contribution in [2.75, 3.05) is 0 Å². The largest absolute Gasteiger partial charge is 0.323 e. The van der Waals surface area contributed by atoms with Gasteiger partial charge in [-0.2, -0.15) is 0 Å². The minimum Gasteiger partial charge on any atom is -0.323 e. The Morgan fingerprint density at radius 3 is 2.27 bits per heavy atom. The van der Waals surface area contributed by atoms with Gasteiger partial charge in [0, 0.05) is 30.2 Å². The zero-order valence-corrected chi connectivity index (χ0v) is 8.15. The van der Waals surface area contributed by atoms with Crippen LogP contribution in [-0.2, 0) is 0 Å². The number of halogens is 3. The summed E-state index contributed by atoms with van der Waals surface area (Å²) in [6.07, 6.45) is 0.135. The van der Waals surface area contributed by atoms with E-state index in [1.54, 1.807) is 6.92 Å². The molecule has 0 spiro atoms. The molecule has 0 amide bonds.